The molecule has 1 aliphatic heterocycles. The number of carboxylic acid groups (broad SMARTS) is 1. The minimum Gasteiger partial charge on any atom is -0.492 e. The van der Waals surface area contributed by atoms with E-state index in [1.165, 1.54) is 6.07 Å². The molecule has 0 radical (unpaired) electrons. The summed E-state index contributed by atoms with van der Waals surface area (Å²) in [5, 5.41) is 10.2. The molecule has 1 aromatic carbocycles. The number of carbonyl (C=O) groups is 1. The Kier molecular flexibility index (Phi) is 2.81. The summed E-state index contributed by atoms with van der Waals surface area (Å²) in [6.45, 7) is 0.432. The van der Waals surface area contributed by atoms with E-state index < -0.39 is 11.5 Å². The predicted octanol–water partition coefficient (Wildman–Crippen LogP) is 2.17. The van der Waals surface area contributed by atoms with Crippen LogP contribution in [0.4, 0.5) is 0 Å². The molecule has 3 heterocycles. The topological polar surface area (TPSA) is 84.3 Å². The Hall–Kier alpha value is -3.02. The standard InChI is InChI=1S/C17H14N2O4/c1-19-4-2-9-6-11-14(8-13(9)19)23-5-3-10-7-12(17(21)22)16(20)18-15(10)11/h2,4,6-8H,3,5H2,1H3,(H,18,20)(H,21,22). The average Bonchev–Trinajstić information content (AvgIpc) is 2.78. The average molecular weight is 310 g/mol. The van der Waals surface area contributed by atoms with Crippen LogP contribution in [0, 0.1) is 0 Å². The van der Waals surface area contributed by atoms with Gasteiger partial charge in [-0.05, 0) is 23.8 Å². The summed E-state index contributed by atoms with van der Waals surface area (Å²) in [4.78, 5) is 25.9. The normalized spacial score (nSPS) is 13.1. The Morgan fingerprint density at radius 3 is 2.96 bits per heavy atom. The van der Waals surface area contributed by atoms with Crippen molar-refractivity contribution in [1.29, 1.82) is 0 Å². The summed E-state index contributed by atoms with van der Waals surface area (Å²) in [6.07, 6.45) is 2.50. The molecule has 0 bridgehead atoms. The fraction of sp³-hybridized carbons (Fsp3) is 0.176. The van der Waals surface area contributed by atoms with Crippen molar-refractivity contribution in [2.45, 2.75) is 6.42 Å². The molecule has 0 unspecified atom stereocenters. The third-order valence-electron chi connectivity index (χ3n) is 4.24. The predicted molar refractivity (Wildman–Crippen MR) is 85.1 cm³/mol. The highest BCUT2D eigenvalue weighted by atomic mass is 16.5. The minimum absolute atomic E-state index is 0.243. The Bertz CT molecular complexity index is 1010. The van der Waals surface area contributed by atoms with Gasteiger partial charge in [0.25, 0.3) is 5.56 Å². The second-order valence-corrected chi connectivity index (χ2v) is 5.65. The van der Waals surface area contributed by atoms with Gasteiger partial charge in [-0.2, -0.15) is 0 Å². The summed E-state index contributed by atoms with van der Waals surface area (Å²) in [6, 6.07) is 7.35. The maximum absolute atomic E-state index is 12.0. The summed E-state index contributed by atoms with van der Waals surface area (Å²) < 4.78 is 7.82. The number of aromatic nitrogens is 2. The molecule has 116 valence electrons. The Labute approximate surface area is 130 Å². The number of nitrogens with zero attached hydrogens (tertiary/aromatic N) is 1. The SMILES string of the molecule is Cn1ccc2cc3c(cc21)OCCc1cc(C(=O)O)c(=O)[nH]c1-3. The van der Waals surface area contributed by atoms with Gasteiger partial charge in [-0.3, -0.25) is 4.79 Å². The zero-order valence-electron chi connectivity index (χ0n) is 12.4. The first kappa shape index (κ1) is 13.6. The molecule has 0 atom stereocenters. The molecule has 0 amide bonds. The quantitative estimate of drug-likeness (QED) is 0.721. The molecule has 6 heteroatoms. The van der Waals surface area contributed by atoms with Crippen LogP contribution in [0.1, 0.15) is 15.9 Å². The lowest BCUT2D eigenvalue weighted by Gasteiger charge is -2.10. The number of aryl methyl sites for hydroxylation is 1. The second-order valence-electron chi connectivity index (χ2n) is 5.65. The van der Waals surface area contributed by atoms with Gasteiger partial charge in [0.15, 0.2) is 0 Å². The van der Waals surface area contributed by atoms with E-state index >= 15 is 0 Å². The van der Waals surface area contributed by atoms with Crippen molar-refractivity contribution in [2.75, 3.05) is 6.61 Å². The number of aromatic carboxylic acids is 1. The number of fused-ring (bicyclic) bond motifs is 4. The molecule has 2 N–H and O–H groups in total. The van der Waals surface area contributed by atoms with Gasteiger partial charge in [-0.15, -0.1) is 0 Å². The number of hydrogen-bond donors (Lipinski definition) is 2. The van der Waals surface area contributed by atoms with Gasteiger partial charge >= 0.3 is 5.97 Å². The van der Waals surface area contributed by atoms with E-state index in [0.29, 0.717) is 24.5 Å². The summed E-state index contributed by atoms with van der Waals surface area (Å²) >= 11 is 0. The second kappa shape index (κ2) is 4.74. The summed E-state index contributed by atoms with van der Waals surface area (Å²) in [7, 11) is 1.96. The lowest BCUT2D eigenvalue weighted by atomic mass is 10.0. The Morgan fingerprint density at radius 2 is 2.17 bits per heavy atom. The van der Waals surface area contributed by atoms with E-state index in [4.69, 9.17) is 9.84 Å². The molecule has 1 aliphatic rings. The van der Waals surface area contributed by atoms with E-state index in [2.05, 4.69) is 4.98 Å². The molecule has 0 aliphatic carbocycles. The molecular formula is C17H14N2O4. The Morgan fingerprint density at radius 1 is 1.35 bits per heavy atom. The largest absolute Gasteiger partial charge is 0.492 e. The first-order valence-corrected chi connectivity index (χ1v) is 7.26. The fourth-order valence-electron chi connectivity index (χ4n) is 3.05. The number of nitrogens with one attached hydrogen (secondary N) is 1. The first-order valence-electron chi connectivity index (χ1n) is 7.26. The van der Waals surface area contributed by atoms with Gasteiger partial charge in [0, 0.05) is 36.7 Å². The highest BCUT2D eigenvalue weighted by Gasteiger charge is 2.21. The van der Waals surface area contributed by atoms with Crippen LogP contribution in [0.5, 0.6) is 5.75 Å². The molecule has 0 saturated carbocycles. The van der Waals surface area contributed by atoms with E-state index in [9.17, 15) is 9.59 Å². The first-order chi connectivity index (χ1) is 11.0. The van der Waals surface area contributed by atoms with Crippen LogP contribution in [0.15, 0.2) is 35.3 Å². The number of rotatable bonds is 1. The van der Waals surface area contributed by atoms with Crippen LogP contribution in [0.2, 0.25) is 0 Å². The Balaban J connectivity index is 2.02. The number of carboxylic acids is 1. The molecule has 23 heavy (non-hydrogen) atoms. The van der Waals surface area contributed by atoms with E-state index in [0.717, 1.165) is 22.0 Å². The van der Waals surface area contributed by atoms with Crippen molar-refractivity contribution in [3.63, 3.8) is 0 Å². The van der Waals surface area contributed by atoms with Crippen LogP contribution >= 0.6 is 0 Å². The van der Waals surface area contributed by atoms with Gasteiger partial charge in [0.1, 0.15) is 11.3 Å². The van der Waals surface area contributed by atoms with E-state index in [-0.39, 0.29) is 5.56 Å². The molecule has 0 saturated heterocycles. The van der Waals surface area contributed by atoms with Crippen molar-refractivity contribution in [2.24, 2.45) is 7.05 Å². The van der Waals surface area contributed by atoms with Gasteiger partial charge in [0.05, 0.1) is 17.8 Å². The monoisotopic (exact) mass is 310 g/mol. The molecule has 3 aromatic rings. The van der Waals surface area contributed by atoms with Crippen molar-refractivity contribution in [1.82, 2.24) is 9.55 Å². The van der Waals surface area contributed by atoms with E-state index in [1.807, 2.05) is 36.0 Å². The molecule has 2 aromatic heterocycles. The zero-order valence-corrected chi connectivity index (χ0v) is 12.4. The minimum atomic E-state index is -1.22. The van der Waals surface area contributed by atoms with Crippen molar-refractivity contribution < 1.29 is 14.6 Å². The maximum atomic E-state index is 12.0. The van der Waals surface area contributed by atoms with Gasteiger partial charge in [-0.1, -0.05) is 0 Å². The fourth-order valence-corrected chi connectivity index (χ4v) is 3.05. The highest BCUT2D eigenvalue weighted by molar-refractivity contribution is 5.91. The molecular weight excluding hydrogens is 296 g/mol. The van der Waals surface area contributed by atoms with Crippen LogP contribution in [-0.4, -0.2) is 27.2 Å². The third kappa shape index (κ3) is 2.03. The van der Waals surface area contributed by atoms with Gasteiger partial charge in [-0.25, -0.2) is 4.79 Å². The maximum Gasteiger partial charge on any atom is 0.341 e. The van der Waals surface area contributed by atoms with Crippen LogP contribution in [0.25, 0.3) is 22.2 Å². The number of pyridine rings is 1. The number of benzene rings is 1. The van der Waals surface area contributed by atoms with Crippen molar-refractivity contribution in [3.05, 3.63) is 51.9 Å². The van der Waals surface area contributed by atoms with Crippen molar-refractivity contribution >= 4 is 16.9 Å². The van der Waals surface area contributed by atoms with Gasteiger partial charge in [0.2, 0.25) is 0 Å². The van der Waals surface area contributed by atoms with E-state index in [1.54, 1.807) is 0 Å². The third-order valence-corrected chi connectivity index (χ3v) is 4.24. The smallest absolute Gasteiger partial charge is 0.341 e. The number of H-pyrrole nitrogens is 1. The van der Waals surface area contributed by atoms with Crippen molar-refractivity contribution in [3.8, 4) is 17.0 Å². The lowest BCUT2D eigenvalue weighted by Crippen LogP contribution is -2.19. The number of aromatic amines is 1. The molecule has 0 spiro atoms. The van der Waals surface area contributed by atoms with Crippen LogP contribution in [-0.2, 0) is 13.5 Å². The summed E-state index contributed by atoms with van der Waals surface area (Å²) in [5.74, 6) is -0.533. The number of hydrogen-bond acceptors (Lipinski definition) is 3. The molecule has 0 fully saturated rings. The summed E-state index contributed by atoms with van der Waals surface area (Å²) in [5.41, 5.74) is 2.39. The van der Waals surface area contributed by atoms with Crippen LogP contribution in [0.3, 0.4) is 0 Å². The zero-order chi connectivity index (χ0) is 16.1. The van der Waals surface area contributed by atoms with Crippen LogP contribution < -0.4 is 10.3 Å². The number of ether oxygens (including phenoxy) is 1. The lowest BCUT2D eigenvalue weighted by molar-refractivity contribution is 0.0695. The molecule has 4 rings (SSSR count). The van der Waals surface area contributed by atoms with Gasteiger partial charge < -0.3 is 19.4 Å². The highest BCUT2D eigenvalue weighted by Crippen LogP contribution is 2.37. The molecule has 6 nitrogen and oxygen atoms in total.